The van der Waals surface area contributed by atoms with Gasteiger partial charge in [0.15, 0.2) is 0 Å². The lowest BCUT2D eigenvalue weighted by Gasteiger charge is -2.08. The lowest BCUT2D eigenvalue weighted by atomic mass is 10.2. The van der Waals surface area contributed by atoms with E-state index >= 15 is 0 Å². The van der Waals surface area contributed by atoms with Crippen LogP contribution in [0.1, 0.15) is 5.56 Å². The monoisotopic (exact) mass is 290 g/mol. The summed E-state index contributed by atoms with van der Waals surface area (Å²) in [5.41, 5.74) is 0.641. The second-order valence-electron chi connectivity index (χ2n) is 3.42. The highest BCUT2D eigenvalue weighted by Crippen LogP contribution is 2.29. The van der Waals surface area contributed by atoms with Crippen LogP contribution in [0, 0.1) is 6.92 Å². The molecule has 0 amide bonds. The molecule has 1 heterocycles. The molecule has 0 radical (unpaired) electrons. The van der Waals surface area contributed by atoms with E-state index in [2.05, 4.69) is 5.10 Å². The lowest BCUT2D eigenvalue weighted by Crippen LogP contribution is -2.14. The second-order valence-corrected chi connectivity index (χ2v) is 5.99. The van der Waals surface area contributed by atoms with E-state index in [-0.39, 0.29) is 9.92 Å². The van der Waals surface area contributed by atoms with Gasteiger partial charge in [-0.1, -0.05) is 23.2 Å². The van der Waals surface area contributed by atoms with E-state index in [0.29, 0.717) is 10.6 Å². The summed E-state index contributed by atoms with van der Waals surface area (Å²) < 4.78 is 25.2. The quantitative estimate of drug-likeness (QED) is 0.855. The molecule has 90 valence electrons. The first-order valence-electron chi connectivity index (χ1n) is 4.64. The molecule has 0 atom stereocenters. The lowest BCUT2D eigenvalue weighted by molar-refractivity contribution is 0.580. The average molecular weight is 291 g/mol. The van der Waals surface area contributed by atoms with Gasteiger partial charge in [0.1, 0.15) is 4.90 Å². The Morgan fingerprint density at radius 3 is 2.53 bits per heavy atom. The number of nitrogens with zero attached hydrogens (tertiary/aromatic N) is 2. The highest BCUT2D eigenvalue weighted by molar-refractivity contribution is 7.90. The van der Waals surface area contributed by atoms with Crippen LogP contribution in [0.5, 0.6) is 0 Å². The summed E-state index contributed by atoms with van der Waals surface area (Å²) in [7, 11) is -3.75. The Balaban J connectivity index is 2.67. The van der Waals surface area contributed by atoms with E-state index in [0.717, 1.165) is 4.09 Å². The van der Waals surface area contributed by atoms with Gasteiger partial charge in [-0.3, -0.25) is 0 Å². The SMILES string of the molecule is Cc1cc(S(=O)(=O)n2cccn2)c(Cl)cc1Cl. The molecule has 7 heteroatoms. The van der Waals surface area contributed by atoms with E-state index in [1.807, 2.05) is 0 Å². The fourth-order valence-corrected chi connectivity index (χ4v) is 3.24. The summed E-state index contributed by atoms with van der Waals surface area (Å²) in [5, 5.41) is 4.20. The minimum Gasteiger partial charge on any atom is -0.199 e. The minimum atomic E-state index is -3.75. The average Bonchev–Trinajstić information content (AvgIpc) is 2.77. The standard InChI is InChI=1S/C10H8Cl2N2O2S/c1-7-5-10(9(12)6-8(7)11)17(15,16)14-4-2-3-13-14/h2-6H,1H3. The highest BCUT2D eigenvalue weighted by Gasteiger charge is 2.21. The Morgan fingerprint density at radius 1 is 1.24 bits per heavy atom. The zero-order chi connectivity index (χ0) is 12.6. The Labute approximate surface area is 109 Å². The van der Waals surface area contributed by atoms with Crippen molar-refractivity contribution in [2.75, 3.05) is 0 Å². The van der Waals surface area contributed by atoms with Crippen LogP contribution in [0.3, 0.4) is 0 Å². The second kappa shape index (κ2) is 4.33. The van der Waals surface area contributed by atoms with Gasteiger partial charge in [-0.25, -0.2) is 0 Å². The number of hydrogen-bond acceptors (Lipinski definition) is 3. The molecule has 0 fully saturated rings. The summed E-state index contributed by atoms with van der Waals surface area (Å²) in [6, 6.07) is 4.37. The van der Waals surface area contributed by atoms with Crippen molar-refractivity contribution in [3.8, 4) is 0 Å². The zero-order valence-electron chi connectivity index (χ0n) is 8.76. The zero-order valence-corrected chi connectivity index (χ0v) is 11.1. The number of benzene rings is 1. The van der Waals surface area contributed by atoms with Gasteiger partial charge in [0.05, 0.1) is 11.2 Å². The van der Waals surface area contributed by atoms with E-state index in [1.54, 1.807) is 6.92 Å². The maximum Gasteiger partial charge on any atom is 0.284 e. The molecule has 2 rings (SSSR count). The van der Waals surface area contributed by atoms with Crippen molar-refractivity contribution in [3.05, 3.63) is 46.2 Å². The minimum absolute atomic E-state index is 0.00948. The van der Waals surface area contributed by atoms with Crippen LogP contribution in [-0.4, -0.2) is 17.6 Å². The van der Waals surface area contributed by atoms with Crippen molar-refractivity contribution in [1.82, 2.24) is 9.19 Å². The van der Waals surface area contributed by atoms with Crippen LogP contribution in [0.4, 0.5) is 0 Å². The van der Waals surface area contributed by atoms with Gasteiger partial charge in [0.25, 0.3) is 10.0 Å². The molecular weight excluding hydrogens is 283 g/mol. The fraction of sp³-hybridized carbons (Fsp3) is 0.100. The van der Waals surface area contributed by atoms with Gasteiger partial charge in [-0.15, -0.1) is 0 Å². The van der Waals surface area contributed by atoms with Gasteiger partial charge in [-0.2, -0.15) is 17.6 Å². The predicted molar refractivity (Wildman–Crippen MR) is 66.0 cm³/mol. The molecule has 0 bridgehead atoms. The molecule has 2 aromatic rings. The third kappa shape index (κ3) is 2.18. The molecule has 1 aromatic carbocycles. The topological polar surface area (TPSA) is 52.0 Å². The third-order valence-electron chi connectivity index (χ3n) is 2.22. The first-order chi connectivity index (χ1) is 7.93. The van der Waals surface area contributed by atoms with Gasteiger partial charge < -0.3 is 0 Å². The van der Waals surface area contributed by atoms with Crippen LogP contribution in [0.2, 0.25) is 10.0 Å². The highest BCUT2D eigenvalue weighted by atomic mass is 35.5. The Kier molecular flexibility index (Phi) is 3.16. The summed E-state index contributed by atoms with van der Waals surface area (Å²) in [5.74, 6) is 0. The van der Waals surface area contributed by atoms with E-state index in [9.17, 15) is 8.42 Å². The molecule has 0 saturated carbocycles. The van der Waals surface area contributed by atoms with Crippen LogP contribution < -0.4 is 0 Å². The molecule has 0 saturated heterocycles. The Hall–Kier alpha value is -1.04. The van der Waals surface area contributed by atoms with Crippen LogP contribution in [0.15, 0.2) is 35.5 Å². The van der Waals surface area contributed by atoms with Gasteiger partial charge >= 0.3 is 0 Å². The number of hydrogen-bond donors (Lipinski definition) is 0. The molecule has 17 heavy (non-hydrogen) atoms. The van der Waals surface area contributed by atoms with Crippen molar-refractivity contribution in [1.29, 1.82) is 0 Å². The smallest absolute Gasteiger partial charge is 0.199 e. The largest absolute Gasteiger partial charge is 0.284 e. The molecule has 0 unspecified atom stereocenters. The van der Waals surface area contributed by atoms with Gasteiger partial charge in [0, 0.05) is 11.2 Å². The van der Waals surface area contributed by atoms with Crippen molar-refractivity contribution in [2.45, 2.75) is 11.8 Å². The van der Waals surface area contributed by atoms with Crippen LogP contribution >= 0.6 is 23.2 Å². The normalized spacial score (nSPS) is 11.7. The molecule has 4 nitrogen and oxygen atoms in total. The summed E-state index contributed by atoms with van der Waals surface area (Å²) in [6.07, 6.45) is 2.73. The Bertz CT molecular complexity index is 651. The number of halogens is 2. The van der Waals surface area contributed by atoms with E-state index < -0.39 is 10.0 Å². The third-order valence-corrected chi connectivity index (χ3v) is 4.65. The summed E-state index contributed by atoms with van der Waals surface area (Å²) in [4.78, 5) is -0.00948. The molecule has 1 aromatic heterocycles. The number of rotatable bonds is 2. The number of aryl methyl sites for hydroxylation is 1. The first-order valence-corrected chi connectivity index (χ1v) is 6.83. The van der Waals surface area contributed by atoms with Gasteiger partial charge in [0.2, 0.25) is 0 Å². The molecule has 0 aliphatic heterocycles. The van der Waals surface area contributed by atoms with E-state index in [1.165, 1.54) is 30.6 Å². The van der Waals surface area contributed by atoms with E-state index in [4.69, 9.17) is 23.2 Å². The van der Waals surface area contributed by atoms with Crippen molar-refractivity contribution in [2.24, 2.45) is 0 Å². The van der Waals surface area contributed by atoms with Crippen LogP contribution in [-0.2, 0) is 10.0 Å². The van der Waals surface area contributed by atoms with Crippen LogP contribution in [0.25, 0.3) is 0 Å². The number of aromatic nitrogens is 2. The van der Waals surface area contributed by atoms with Crippen molar-refractivity contribution in [3.63, 3.8) is 0 Å². The van der Waals surface area contributed by atoms with Gasteiger partial charge in [-0.05, 0) is 30.7 Å². The molecular formula is C10H8Cl2N2O2S. The first kappa shape index (κ1) is 12.4. The molecule has 0 N–H and O–H groups in total. The Morgan fingerprint density at radius 2 is 1.94 bits per heavy atom. The summed E-state index contributed by atoms with van der Waals surface area (Å²) in [6.45, 7) is 1.71. The molecule has 0 aliphatic carbocycles. The molecule has 0 aliphatic rings. The maximum absolute atomic E-state index is 12.2. The van der Waals surface area contributed by atoms with Crippen molar-refractivity contribution < 1.29 is 8.42 Å². The predicted octanol–water partition coefficient (Wildman–Crippen LogP) is 2.74. The fourth-order valence-electron chi connectivity index (χ4n) is 1.33. The summed E-state index contributed by atoms with van der Waals surface area (Å²) >= 11 is 11.8. The maximum atomic E-state index is 12.2. The van der Waals surface area contributed by atoms with Crippen molar-refractivity contribution >= 4 is 33.2 Å². The molecule has 0 spiro atoms.